The SMILES string of the molecule is O=C(O)[C@H]1CCCc2nn(Cc3ccc(Cl)s3)c(=O)n21. The maximum absolute atomic E-state index is 12.3. The summed E-state index contributed by atoms with van der Waals surface area (Å²) in [7, 11) is 0. The zero-order valence-corrected chi connectivity index (χ0v) is 12.0. The molecule has 0 aliphatic carbocycles. The van der Waals surface area contributed by atoms with E-state index in [9.17, 15) is 14.7 Å². The van der Waals surface area contributed by atoms with Crippen molar-refractivity contribution in [2.75, 3.05) is 0 Å². The van der Waals surface area contributed by atoms with Gasteiger partial charge in [-0.1, -0.05) is 11.6 Å². The summed E-state index contributed by atoms with van der Waals surface area (Å²) in [5, 5.41) is 13.5. The molecule has 1 aliphatic heterocycles. The number of carboxylic acids is 1. The number of aryl methyl sites for hydroxylation is 1. The van der Waals surface area contributed by atoms with Crippen LogP contribution in [-0.4, -0.2) is 25.4 Å². The molecule has 0 saturated heterocycles. The Bertz CT molecular complexity index is 718. The van der Waals surface area contributed by atoms with Gasteiger partial charge in [-0.15, -0.1) is 11.3 Å². The molecule has 3 heterocycles. The van der Waals surface area contributed by atoms with Gasteiger partial charge in [-0.25, -0.2) is 14.3 Å². The summed E-state index contributed by atoms with van der Waals surface area (Å²) < 4.78 is 3.28. The van der Waals surface area contributed by atoms with Crippen LogP contribution in [0.1, 0.15) is 29.6 Å². The van der Waals surface area contributed by atoms with Crippen LogP contribution in [-0.2, 0) is 17.8 Å². The number of hydrogen-bond acceptors (Lipinski definition) is 4. The highest BCUT2D eigenvalue weighted by atomic mass is 35.5. The molecule has 0 fully saturated rings. The average molecular weight is 314 g/mol. The monoisotopic (exact) mass is 313 g/mol. The third-order valence-corrected chi connectivity index (χ3v) is 4.57. The molecule has 2 aromatic heterocycles. The van der Waals surface area contributed by atoms with E-state index >= 15 is 0 Å². The van der Waals surface area contributed by atoms with Crippen LogP contribution >= 0.6 is 22.9 Å². The fraction of sp³-hybridized carbons (Fsp3) is 0.417. The summed E-state index contributed by atoms with van der Waals surface area (Å²) in [6, 6.07) is 2.81. The first-order chi connectivity index (χ1) is 9.56. The van der Waals surface area contributed by atoms with E-state index in [1.165, 1.54) is 20.6 Å². The molecule has 0 bridgehead atoms. The second-order valence-electron chi connectivity index (χ2n) is 4.68. The second kappa shape index (κ2) is 5.06. The fourth-order valence-corrected chi connectivity index (χ4v) is 3.52. The van der Waals surface area contributed by atoms with E-state index in [4.69, 9.17) is 11.6 Å². The molecule has 1 aliphatic rings. The summed E-state index contributed by atoms with van der Waals surface area (Å²) in [5.74, 6) is -0.428. The summed E-state index contributed by atoms with van der Waals surface area (Å²) in [4.78, 5) is 24.5. The van der Waals surface area contributed by atoms with Crippen LogP contribution in [0, 0.1) is 0 Å². The molecule has 0 spiro atoms. The molecule has 20 heavy (non-hydrogen) atoms. The number of rotatable bonds is 3. The largest absolute Gasteiger partial charge is 0.480 e. The first-order valence-electron chi connectivity index (χ1n) is 6.21. The maximum atomic E-state index is 12.3. The van der Waals surface area contributed by atoms with Gasteiger partial charge in [-0.05, 0) is 25.0 Å². The number of halogens is 1. The van der Waals surface area contributed by atoms with Gasteiger partial charge in [0.05, 0.1) is 10.9 Å². The second-order valence-corrected chi connectivity index (χ2v) is 6.48. The summed E-state index contributed by atoms with van der Waals surface area (Å²) in [6.45, 7) is 0.322. The zero-order valence-electron chi connectivity index (χ0n) is 10.5. The van der Waals surface area contributed by atoms with Gasteiger partial charge in [0.2, 0.25) is 0 Å². The van der Waals surface area contributed by atoms with Gasteiger partial charge in [0, 0.05) is 11.3 Å². The van der Waals surface area contributed by atoms with E-state index in [1.54, 1.807) is 6.07 Å². The molecule has 1 atom stereocenters. The van der Waals surface area contributed by atoms with Gasteiger partial charge in [0.25, 0.3) is 0 Å². The number of aromatic nitrogens is 3. The van der Waals surface area contributed by atoms with Crippen LogP contribution in [0.25, 0.3) is 0 Å². The number of fused-ring (bicyclic) bond motifs is 1. The highest BCUT2D eigenvalue weighted by Crippen LogP contribution is 2.24. The number of carbonyl (C=O) groups is 1. The summed E-state index contributed by atoms with van der Waals surface area (Å²) >= 11 is 7.24. The Morgan fingerprint density at radius 2 is 2.35 bits per heavy atom. The van der Waals surface area contributed by atoms with Crippen molar-refractivity contribution in [1.82, 2.24) is 14.3 Å². The first-order valence-corrected chi connectivity index (χ1v) is 7.41. The standard InChI is InChI=1S/C12H12ClN3O3S/c13-9-5-4-7(20-9)6-15-12(19)16-8(11(17)18)2-1-3-10(16)14-15/h4-5,8H,1-3,6H2,(H,17,18)/t8-/m1/s1. The predicted molar refractivity (Wildman–Crippen MR) is 74.5 cm³/mol. The minimum absolute atomic E-state index is 0.322. The van der Waals surface area contributed by atoms with Gasteiger partial charge < -0.3 is 5.11 Å². The van der Waals surface area contributed by atoms with Crippen LogP contribution in [0.5, 0.6) is 0 Å². The van der Waals surface area contributed by atoms with Crippen LogP contribution in [0.2, 0.25) is 4.34 Å². The molecule has 0 aromatic carbocycles. The lowest BCUT2D eigenvalue weighted by molar-refractivity contribution is -0.141. The molecule has 106 valence electrons. The van der Waals surface area contributed by atoms with E-state index in [-0.39, 0.29) is 5.69 Å². The normalized spacial score (nSPS) is 17.9. The molecule has 0 saturated carbocycles. The Balaban J connectivity index is 1.98. The molecule has 8 heteroatoms. The van der Waals surface area contributed by atoms with Gasteiger partial charge >= 0.3 is 11.7 Å². The predicted octanol–water partition coefficient (Wildman–Crippen LogP) is 1.77. The van der Waals surface area contributed by atoms with Crippen molar-refractivity contribution >= 4 is 28.9 Å². The lowest BCUT2D eigenvalue weighted by atomic mass is 10.1. The third kappa shape index (κ3) is 2.27. The van der Waals surface area contributed by atoms with Crippen molar-refractivity contribution < 1.29 is 9.90 Å². The smallest absolute Gasteiger partial charge is 0.347 e. The van der Waals surface area contributed by atoms with Crippen molar-refractivity contribution in [3.63, 3.8) is 0 Å². The van der Waals surface area contributed by atoms with Crippen molar-refractivity contribution in [1.29, 1.82) is 0 Å². The van der Waals surface area contributed by atoms with Gasteiger partial charge in [-0.3, -0.25) is 4.57 Å². The Hall–Kier alpha value is -1.60. The summed E-state index contributed by atoms with van der Waals surface area (Å²) in [5.41, 5.74) is -0.364. The summed E-state index contributed by atoms with van der Waals surface area (Å²) in [6.07, 6.45) is 1.84. The van der Waals surface area contributed by atoms with Gasteiger partial charge in [-0.2, -0.15) is 5.10 Å². The van der Waals surface area contributed by atoms with E-state index in [2.05, 4.69) is 5.10 Å². The van der Waals surface area contributed by atoms with Crippen LogP contribution in [0.4, 0.5) is 0 Å². The quantitative estimate of drug-likeness (QED) is 0.937. The molecule has 1 N–H and O–H groups in total. The fourth-order valence-electron chi connectivity index (χ4n) is 2.45. The first kappa shape index (κ1) is 13.4. The number of carboxylic acid groups (broad SMARTS) is 1. The molecular weight excluding hydrogens is 302 g/mol. The topological polar surface area (TPSA) is 77.1 Å². The number of hydrogen-bond donors (Lipinski definition) is 1. The number of thiophene rings is 1. The van der Waals surface area contributed by atoms with E-state index in [0.29, 0.717) is 29.5 Å². The molecule has 0 amide bonds. The number of aliphatic carboxylic acids is 1. The molecule has 6 nitrogen and oxygen atoms in total. The third-order valence-electron chi connectivity index (χ3n) is 3.35. The average Bonchev–Trinajstić information content (AvgIpc) is 2.95. The lowest BCUT2D eigenvalue weighted by Gasteiger charge is -2.19. The van der Waals surface area contributed by atoms with E-state index in [0.717, 1.165) is 11.3 Å². The van der Waals surface area contributed by atoms with Crippen LogP contribution in [0.15, 0.2) is 16.9 Å². The molecule has 0 unspecified atom stereocenters. The minimum atomic E-state index is -0.980. The Morgan fingerprint density at radius 1 is 1.55 bits per heavy atom. The van der Waals surface area contributed by atoms with E-state index < -0.39 is 12.0 Å². The van der Waals surface area contributed by atoms with Crippen molar-refractivity contribution in [3.05, 3.63) is 37.7 Å². The van der Waals surface area contributed by atoms with E-state index in [1.807, 2.05) is 6.07 Å². The Morgan fingerprint density at radius 3 is 3.00 bits per heavy atom. The van der Waals surface area contributed by atoms with Crippen molar-refractivity contribution in [2.45, 2.75) is 31.8 Å². The van der Waals surface area contributed by atoms with Crippen molar-refractivity contribution in [3.8, 4) is 0 Å². The highest BCUT2D eigenvalue weighted by molar-refractivity contribution is 7.16. The zero-order chi connectivity index (χ0) is 14.3. The maximum Gasteiger partial charge on any atom is 0.347 e. The molecular formula is C12H12ClN3O3S. The van der Waals surface area contributed by atoms with Gasteiger partial charge in [0.1, 0.15) is 11.9 Å². The highest BCUT2D eigenvalue weighted by Gasteiger charge is 2.30. The number of nitrogens with zero attached hydrogens (tertiary/aromatic N) is 3. The minimum Gasteiger partial charge on any atom is -0.480 e. The Kier molecular flexibility index (Phi) is 3.39. The van der Waals surface area contributed by atoms with Crippen LogP contribution < -0.4 is 5.69 Å². The van der Waals surface area contributed by atoms with Crippen LogP contribution in [0.3, 0.4) is 0 Å². The molecule has 2 aromatic rings. The lowest BCUT2D eigenvalue weighted by Crippen LogP contribution is -2.34. The molecule has 0 radical (unpaired) electrons. The van der Waals surface area contributed by atoms with Crippen molar-refractivity contribution in [2.24, 2.45) is 0 Å². The molecule has 3 rings (SSSR count). The van der Waals surface area contributed by atoms with Gasteiger partial charge in [0.15, 0.2) is 0 Å². The Labute approximate surface area is 123 Å².